The molecule has 0 bridgehead atoms. The molecule has 5 heteroatoms. The number of anilines is 1. The molecule has 0 unspecified atom stereocenters. The standard InChI is InChI=1S/C11H14ClN3O/c12-9-11(16)15-7-5-14(6-8-15)10-3-1-2-4-13-10/h1-4H,5-9H2. The predicted molar refractivity (Wildman–Crippen MR) is 63.8 cm³/mol. The van der Waals surface area contributed by atoms with Gasteiger partial charge in [-0.2, -0.15) is 0 Å². The van der Waals surface area contributed by atoms with Crippen LogP contribution in [0.3, 0.4) is 0 Å². The maximum Gasteiger partial charge on any atom is 0.237 e. The van der Waals surface area contributed by atoms with Crippen LogP contribution in [0.25, 0.3) is 0 Å². The number of hydrogen-bond acceptors (Lipinski definition) is 3. The van der Waals surface area contributed by atoms with Crippen molar-refractivity contribution in [3.8, 4) is 0 Å². The number of alkyl halides is 1. The van der Waals surface area contributed by atoms with Gasteiger partial charge in [0.15, 0.2) is 0 Å². The average Bonchev–Trinajstić information content (AvgIpc) is 2.39. The normalized spacial score (nSPS) is 16.3. The number of hydrogen-bond donors (Lipinski definition) is 0. The summed E-state index contributed by atoms with van der Waals surface area (Å²) >= 11 is 5.52. The summed E-state index contributed by atoms with van der Waals surface area (Å²) in [5.74, 6) is 1.06. The molecule has 86 valence electrons. The van der Waals surface area contributed by atoms with Crippen molar-refractivity contribution in [1.82, 2.24) is 9.88 Å². The highest BCUT2D eigenvalue weighted by molar-refractivity contribution is 6.27. The van der Waals surface area contributed by atoms with Crippen LogP contribution in [-0.4, -0.2) is 47.9 Å². The van der Waals surface area contributed by atoms with Gasteiger partial charge in [-0.1, -0.05) is 6.07 Å². The van der Waals surface area contributed by atoms with Crippen molar-refractivity contribution < 1.29 is 4.79 Å². The molecule has 1 aromatic heterocycles. The maximum atomic E-state index is 11.4. The summed E-state index contributed by atoms with van der Waals surface area (Å²) in [4.78, 5) is 19.6. The Morgan fingerprint density at radius 2 is 2.06 bits per heavy atom. The highest BCUT2D eigenvalue weighted by atomic mass is 35.5. The summed E-state index contributed by atoms with van der Waals surface area (Å²) in [6.45, 7) is 3.09. The smallest absolute Gasteiger partial charge is 0.237 e. The van der Waals surface area contributed by atoms with Crippen molar-refractivity contribution in [3.05, 3.63) is 24.4 Å². The molecular weight excluding hydrogens is 226 g/mol. The summed E-state index contributed by atoms with van der Waals surface area (Å²) in [5.41, 5.74) is 0. The van der Waals surface area contributed by atoms with E-state index in [1.54, 1.807) is 11.1 Å². The van der Waals surface area contributed by atoms with E-state index in [2.05, 4.69) is 9.88 Å². The van der Waals surface area contributed by atoms with Gasteiger partial charge in [-0.05, 0) is 12.1 Å². The highest BCUT2D eigenvalue weighted by Crippen LogP contribution is 2.12. The molecule has 16 heavy (non-hydrogen) atoms. The minimum absolute atomic E-state index is 0.0161. The van der Waals surface area contributed by atoms with Crippen LogP contribution in [-0.2, 0) is 4.79 Å². The molecule has 0 N–H and O–H groups in total. The Hall–Kier alpha value is -1.29. The van der Waals surface area contributed by atoms with Gasteiger partial charge in [0.25, 0.3) is 0 Å². The lowest BCUT2D eigenvalue weighted by Crippen LogP contribution is -2.49. The lowest BCUT2D eigenvalue weighted by atomic mass is 10.3. The molecule has 1 aromatic rings. The number of piperazine rings is 1. The fraction of sp³-hybridized carbons (Fsp3) is 0.455. The van der Waals surface area contributed by atoms with Crippen molar-refractivity contribution in [2.45, 2.75) is 0 Å². The lowest BCUT2D eigenvalue weighted by Gasteiger charge is -2.35. The summed E-state index contributed by atoms with van der Waals surface area (Å²) in [5, 5.41) is 0. The second-order valence-electron chi connectivity index (χ2n) is 3.69. The molecule has 0 saturated carbocycles. The van der Waals surface area contributed by atoms with Gasteiger partial charge in [-0.3, -0.25) is 4.79 Å². The molecule has 0 atom stereocenters. The van der Waals surface area contributed by atoms with E-state index in [9.17, 15) is 4.79 Å². The lowest BCUT2D eigenvalue weighted by molar-refractivity contribution is -0.128. The molecule has 1 amide bonds. The van der Waals surface area contributed by atoms with Gasteiger partial charge in [-0.25, -0.2) is 4.98 Å². The largest absolute Gasteiger partial charge is 0.353 e. The summed E-state index contributed by atoms with van der Waals surface area (Å²) in [6, 6.07) is 5.86. The zero-order valence-corrected chi connectivity index (χ0v) is 9.73. The van der Waals surface area contributed by atoms with Gasteiger partial charge in [0.05, 0.1) is 0 Å². The summed E-state index contributed by atoms with van der Waals surface area (Å²) < 4.78 is 0. The predicted octanol–water partition coefficient (Wildman–Crippen LogP) is 0.969. The topological polar surface area (TPSA) is 36.4 Å². The fourth-order valence-electron chi connectivity index (χ4n) is 1.81. The highest BCUT2D eigenvalue weighted by Gasteiger charge is 2.20. The molecule has 0 radical (unpaired) electrons. The molecule has 0 spiro atoms. The minimum Gasteiger partial charge on any atom is -0.353 e. The number of carbonyl (C=O) groups excluding carboxylic acids is 1. The first-order valence-corrected chi connectivity index (χ1v) is 5.84. The van der Waals surface area contributed by atoms with Gasteiger partial charge >= 0.3 is 0 Å². The number of pyridine rings is 1. The van der Waals surface area contributed by atoms with E-state index in [-0.39, 0.29) is 11.8 Å². The van der Waals surface area contributed by atoms with Crippen molar-refractivity contribution in [3.63, 3.8) is 0 Å². The van der Waals surface area contributed by atoms with Crippen LogP contribution in [0.5, 0.6) is 0 Å². The Morgan fingerprint density at radius 1 is 1.31 bits per heavy atom. The van der Waals surface area contributed by atoms with E-state index >= 15 is 0 Å². The van der Waals surface area contributed by atoms with Crippen LogP contribution in [0.15, 0.2) is 24.4 Å². The molecule has 0 aliphatic carbocycles. The third kappa shape index (κ3) is 2.44. The van der Waals surface area contributed by atoms with Crippen molar-refractivity contribution >= 4 is 23.3 Å². The van der Waals surface area contributed by atoms with Crippen LogP contribution >= 0.6 is 11.6 Å². The van der Waals surface area contributed by atoms with Crippen molar-refractivity contribution in [2.75, 3.05) is 37.0 Å². The first-order valence-electron chi connectivity index (χ1n) is 5.31. The van der Waals surface area contributed by atoms with Gasteiger partial charge in [0, 0.05) is 32.4 Å². The summed E-state index contributed by atoms with van der Waals surface area (Å²) in [7, 11) is 0. The molecule has 1 aliphatic heterocycles. The SMILES string of the molecule is O=C(CCl)N1CCN(c2ccccn2)CC1. The van der Waals surface area contributed by atoms with Crippen molar-refractivity contribution in [1.29, 1.82) is 0 Å². The van der Waals surface area contributed by atoms with Crippen LogP contribution in [0, 0.1) is 0 Å². The molecule has 4 nitrogen and oxygen atoms in total. The van der Waals surface area contributed by atoms with Crippen LogP contribution in [0.1, 0.15) is 0 Å². The fourth-order valence-corrected chi connectivity index (χ4v) is 1.98. The van der Waals surface area contributed by atoms with E-state index in [0.29, 0.717) is 0 Å². The third-order valence-electron chi connectivity index (χ3n) is 2.72. The minimum atomic E-state index is 0.0161. The quantitative estimate of drug-likeness (QED) is 0.722. The van der Waals surface area contributed by atoms with Crippen LogP contribution in [0.4, 0.5) is 5.82 Å². The van der Waals surface area contributed by atoms with E-state index in [1.165, 1.54) is 0 Å². The molecule has 1 fully saturated rings. The molecule has 1 saturated heterocycles. The zero-order chi connectivity index (χ0) is 11.4. The van der Waals surface area contributed by atoms with Crippen LogP contribution < -0.4 is 4.90 Å². The van der Waals surface area contributed by atoms with E-state index in [4.69, 9.17) is 11.6 Å². The van der Waals surface area contributed by atoms with E-state index < -0.39 is 0 Å². The van der Waals surface area contributed by atoms with E-state index in [1.807, 2.05) is 18.2 Å². The third-order valence-corrected chi connectivity index (χ3v) is 2.95. The van der Waals surface area contributed by atoms with Crippen LogP contribution in [0.2, 0.25) is 0 Å². The van der Waals surface area contributed by atoms with Gasteiger partial charge in [-0.15, -0.1) is 11.6 Å². The Morgan fingerprint density at radius 3 is 2.62 bits per heavy atom. The average molecular weight is 240 g/mol. The Labute approximate surface area is 99.8 Å². The number of halogens is 1. The molecular formula is C11H14ClN3O. The van der Waals surface area contributed by atoms with Gasteiger partial charge in [0.1, 0.15) is 11.7 Å². The maximum absolute atomic E-state index is 11.4. The number of nitrogens with zero attached hydrogens (tertiary/aromatic N) is 3. The van der Waals surface area contributed by atoms with Gasteiger partial charge in [0.2, 0.25) is 5.91 Å². The second kappa shape index (κ2) is 5.16. The van der Waals surface area contributed by atoms with Gasteiger partial charge < -0.3 is 9.80 Å². The molecule has 1 aliphatic rings. The Bertz CT molecular complexity index is 350. The first kappa shape index (κ1) is 11.2. The number of rotatable bonds is 2. The molecule has 2 rings (SSSR count). The number of aromatic nitrogens is 1. The first-order chi connectivity index (χ1) is 7.81. The molecule has 2 heterocycles. The monoisotopic (exact) mass is 239 g/mol. The number of amides is 1. The molecule has 0 aromatic carbocycles. The van der Waals surface area contributed by atoms with E-state index in [0.717, 1.165) is 32.0 Å². The zero-order valence-electron chi connectivity index (χ0n) is 8.97. The van der Waals surface area contributed by atoms with Crippen molar-refractivity contribution in [2.24, 2.45) is 0 Å². The summed E-state index contributed by atoms with van der Waals surface area (Å²) in [6.07, 6.45) is 1.78. The Balaban J connectivity index is 1.93. The number of carbonyl (C=O) groups is 1. The second-order valence-corrected chi connectivity index (χ2v) is 3.96. The Kier molecular flexibility index (Phi) is 3.62.